The van der Waals surface area contributed by atoms with Gasteiger partial charge in [-0.2, -0.15) is 0 Å². The summed E-state index contributed by atoms with van der Waals surface area (Å²) in [5.41, 5.74) is 33.4. The highest BCUT2D eigenvalue weighted by molar-refractivity contribution is 5.91. The van der Waals surface area contributed by atoms with Crippen molar-refractivity contribution in [2.45, 2.75) is 38.5 Å². The summed E-state index contributed by atoms with van der Waals surface area (Å²) >= 11 is 0. The third kappa shape index (κ3) is 11.4. The van der Waals surface area contributed by atoms with Crippen LogP contribution in [0.25, 0.3) is 102 Å². The summed E-state index contributed by atoms with van der Waals surface area (Å²) < 4.78 is 0. The van der Waals surface area contributed by atoms with E-state index < -0.39 is 0 Å². The minimum Gasteiger partial charge on any atom is -0.310 e. The Morgan fingerprint density at radius 1 is 0.188 bits per heavy atom. The Morgan fingerprint density at radius 3 is 0.719 bits per heavy atom. The molecular formula is C94H72N2. The van der Waals surface area contributed by atoms with Crippen LogP contribution in [-0.2, 0) is 10.8 Å². The summed E-state index contributed by atoms with van der Waals surface area (Å²) in [4.78, 5) is 4.84. The first-order valence-electron chi connectivity index (χ1n) is 33.4. The molecule has 14 aromatic rings. The van der Waals surface area contributed by atoms with Crippen molar-refractivity contribution in [2.24, 2.45) is 0 Å². The summed E-state index contributed by atoms with van der Waals surface area (Å²) in [5.74, 6) is 0. The van der Waals surface area contributed by atoms with Gasteiger partial charge in [-0.05, 0) is 195 Å². The third-order valence-electron chi connectivity index (χ3n) is 19.8. The molecule has 458 valence electrons. The van der Waals surface area contributed by atoms with Crippen LogP contribution in [0.3, 0.4) is 0 Å². The predicted molar refractivity (Wildman–Crippen MR) is 409 cm³/mol. The largest absolute Gasteiger partial charge is 0.310 e. The van der Waals surface area contributed by atoms with Crippen LogP contribution in [0.1, 0.15) is 72.2 Å². The first-order chi connectivity index (χ1) is 47.1. The van der Waals surface area contributed by atoms with E-state index in [0.717, 1.165) is 45.3 Å². The molecule has 0 fully saturated rings. The molecule has 0 saturated heterocycles. The highest BCUT2D eigenvalue weighted by atomic mass is 15.1. The maximum absolute atomic E-state index is 2.43. The average molecular weight is 1230 g/mol. The van der Waals surface area contributed by atoms with Crippen molar-refractivity contribution in [2.75, 3.05) is 9.80 Å². The molecule has 0 heterocycles. The highest BCUT2D eigenvalue weighted by Gasteiger charge is 2.38. The predicted octanol–water partition coefficient (Wildman–Crippen LogP) is 25.9. The Kier molecular flexibility index (Phi) is 15.4. The van der Waals surface area contributed by atoms with Crippen molar-refractivity contribution in [3.8, 4) is 77.9 Å². The van der Waals surface area contributed by atoms with Crippen molar-refractivity contribution >= 4 is 58.4 Å². The lowest BCUT2D eigenvalue weighted by Crippen LogP contribution is -2.16. The van der Waals surface area contributed by atoms with Gasteiger partial charge in [0.1, 0.15) is 0 Å². The second-order valence-electron chi connectivity index (χ2n) is 26.6. The summed E-state index contributed by atoms with van der Waals surface area (Å²) in [6.07, 6.45) is 8.99. The molecule has 16 rings (SSSR count). The fourth-order valence-electron chi connectivity index (χ4n) is 14.6. The number of hydrogen-bond donors (Lipinski definition) is 0. The van der Waals surface area contributed by atoms with Crippen LogP contribution < -0.4 is 9.80 Å². The number of fused-ring (bicyclic) bond motifs is 6. The molecule has 14 aromatic carbocycles. The van der Waals surface area contributed by atoms with Crippen molar-refractivity contribution in [1.29, 1.82) is 0 Å². The molecule has 96 heavy (non-hydrogen) atoms. The Labute approximate surface area is 565 Å². The molecule has 0 amide bonds. The Bertz CT molecular complexity index is 4750. The first-order valence-corrected chi connectivity index (χ1v) is 33.4. The molecule has 0 aliphatic heterocycles. The van der Waals surface area contributed by atoms with E-state index >= 15 is 0 Å². The fourth-order valence-corrected chi connectivity index (χ4v) is 14.6. The molecule has 0 N–H and O–H groups in total. The van der Waals surface area contributed by atoms with Gasteiger partial charge >= 0.3 is 0 Å². The number of anilines is 6. The maximum Gasteiger partial charge on any atom is 0.0467 e. The minimum atomic E-state index is -0.223. The van der Waals surface area contributed by atoms with Gasteiger partial charge in [0.15, 0.2) is 0 Å². The zero-order valence-corrected chi connectivity index (χ0v) is 54.5. The van der Waals surface area contributed by atoms with E-state index in [9.17, 15) is 0 Å². The minimum absolute atomic E-state index is 0.223. The molecule has 2 aliphatic rings. The van der Waals surface area contributed by atoms with Crippen molar-refractivity contribution < 1.29 is 0 Å². The Balaban J connectivity index is 0.609. The second kappa shape index (κ2) is 24.9. The molecule has 0 saturated carbocycles. The molecule has 2 nitrogen and oxygen atoms in total. The standard InChI is InChI=1S/C94H72N2/c1-93(2)89-57-67(45-53-85(89)87-55-51-83(63-91(87)93)95(79-33-17-29-75(59-79)69-21-9-5-10-22-69)80-34-18-30-76(60-80)70-23-11-6-12-24-70)39-37-65-41-47-73(48-42-65)74-49-43-66(44-50-74)38-40-68-46-54-86-88-56-52-84(64-92(88)94(3,4)90(86)58-68)96(81-35-19-31-77(61-81)71-25-13-7-14-26-71)82-36-20-32-78(62-82)72-27-15-8-16-28-72/h5-64H,1-4H3. The monoisotopic (exact) mass is 1230 g/mol. The lowest BCUT2D eigenvalue weighted by Gasteiger charge is -2.29. The Morgan fingerprint density at radius 2 is 0.417 bits per heavy atom. The molecule has 0 radical (unpaired) electrons. The third-order valence-corrected chi connectivity index (χ3v) is 19.8. The van der Waals surface area contributed by atoms with Crippen molar-refractivity contribution in [3.63, 3.8) is 0 Å². The normalized spacial score (nSPS) is 13.1. The van der Waals surface area contributed by atoms with E-state index in [1.165, 1.54) is 111 Å². The van der Waals surface area contributed by atoms with Gasteiger partial charge in [-0.25, -0.2) is 0 Å². The lowest BCUT2D eigenvalue weighted by atomic mass is 9.81. The van der Waals surface area contributed by atoms with E-state index in [1.807, 2.05) is 0 Å². The van der Waals surface area contributed by atoms with Crippen LogP contribution in [0.4, 0.5) is 34.1 Å². The van der Waals surface area contributed by atoms with Crippen LogP contribution in [-0.4, -0.2) is 0 Å². The van der Waals surface area contributed by atoms with Crippen LogP contribution in [0.5, 0.6) is 0 Å². The molecule has 0 bridgehead atoms. The SMILES string of the molecule is CC1(C)c2cc(C=Cc3ccc(-c4ccc(C=Cc5ccc6c(c5)C(C)(C)c5cc(N(c7cccc(-c8ccccc8)c7)c7cccc(-c8ccccc8)c7)ccc5-6)cc4)cc3)ccc2-c2ccc(N(c3cccc(-c4ccccc4)c3)c3cccc(-c4ccccc4)c3)cc21. The summed E-state index contributed by atoms with van der Waals surface area (Å²) in [5, 5.41) is 0. The fraction of sp³-hybridized carbons (Fsp3) is 0.0638. The smallest absolute Gasteiger partial charge is 0.0467 e. The van der Waals surface area contributed by atoms with E-state index in [2.05, 4.69) is 402 Å². The molecular weight excluding hydrogens is 1160 g/mol. The van der Waals surface area contributed by atoms with Gasteiger partial charge in [0.05, 0.1) is 0 Å². The van der Waals surface area contributed by atoms with Crippen LogP contribution in [0.15, 0.2) is 340 Å². The highest BCUT2D eigenvalue weighted by Crippen LogP contribution is 2.53. The lowest BCUT2D eigenvalue weighted by molar-refractivity contribution is 0.660. The number of rotatable bonds is 15. The van der Waals surface area contributed by atoms with Gasteiger partial charge in [-0.3, -0.25) is 0 Å². The zero-order valence-electron chi connectivity index (χ0n) is 54.5. The van der Waals surface area contributed by atoms with Crippen LogP contribution in [0.2, 0.25) is 0 Å². The van der Waals surface area contributed by atoms with Crippen molar-refractivity contribution in [1.82, 2.24) is 0 Å². The van der Waals surface area contributed by atoms with Crippen molar-refractivity contribution in [3.05, 3.63) is 384 Å². The van der Waals surface area contributed by atoms with E-state index in [0.29, 0.717) is 0 Å². The molecule has 0 aromatic heterocycles. The summed E-state index contributed by atoms with van der Waals surface area (Å²) in [7, 11) is 0. The molecule has 2 aliphatic carbocycles. The molecule has 0 unspecified atom stereocenters. The Hall–Kier alpha value is -11.8. The number of hydrogen-bond acceptors (Lipinski definition) is 2. The van der Waals surface area contributed by atoms with Crippen LogP contribution in [0, 0.1) is 0 Å². The molecule has 0 spiro atoms. The maximum atomic E-state index is 2.43. The quantitative estimate of drug-likeness (QED) is 0.0944. The van der Waals surface area contributed by atoms with E-state index in [1.54, 1.807) is 0 Å². The molecule has 2 heteroatoms. The zero-order chi connectivity index (χ0) is 64.7. The molecule has 0 atom stereocenters. The van der Waals surface area contributed by atoms with Gasteiger partial charge in [-0.15, -0.1) is 0 Å². The second-order valence-corrected chi connectivity index (χ2v) is 26.6. The average Bonchev–Trinajstić information content (AvgIpc) is 1.57. The van der Waals surface area contributed by atoms with Gasteiger partial charge < -0.3 is 9.80 Å². The number of benzene rings is 14. The van der Waals surface area contributed by atoms with Gasteiger partial charge in [0.25, 0.3) is 0 Å². The van der Waals surface area contributed by atoms with E-state index in [4.69, 9.17) is 0 Å². The van der Waals surface area contributed by atoms with E-state index in [-0.39, 0.29) is 10.8 Å². The van der Waals surface area contributed by atoms with Gasteiger partial charge in [0, 0.05) is 45.0 Å². The van der Waals surface area contributed by atoms with Gasteiger partial charge in [-0.1, -0.05) is 319 Å². The summed E-state index contributed by atoms with van der Waals surface area (Å²) in [6.45, 7) is 9.52. The number of nitrogens with zero attached hydrogens (tertiary/aromatic N) is 2. The topological polar surface area (TPSA) is 6.48 Å². The summed E-state index contributed by atoms with van der Waals surface area (Å²) in [6, 6.07) is 124. The van der Waals surface area contributed by atoms with Crippen LogP contribution >= 0.6 is 0 Å². The van der Waals surface area contributed by atoms with Gasteiger partial charge in [0.2, 0.25) is 0 Å². The first kappa shape index (κ1) is 59.2.